The Bertz CT molecular complexity index is 852. The number of amides is 1. The number of esters is 1. The predicted octanol–water partition coefficient (Wildman–Crippen LogP) is 16.0. The van der Waals surface area contributed by atoms with E-state index >= 15 is 0 Å². The van der Waals surface area contributed by atoms with Crippen molar-refractivity contribution in [3.05, 3.63) is 0 Å². The maximum absolute atomic E-state index is 13.2. The molecule has 0 aromatic carbocycles. The van der Waals surface area contributed by atoms with Crippen molar-refractivity contribution in [3.8, 4) is 0 Å². The van der Waals surface area contributed by atoms with Crippen LogP contribution in [0.1, 0.15) is 303 Å². The van der Waals surface area contributed by atoms with E-state index in [9.17, 15) is 19.8 Å². The first-order valence-corrected chi connectivity index (χ1v) is 26.8. The van der Waals surface area contributed by atoms with Gasteiger partial charge in [-0.3, -0.25) is 9.59 Å². The number of aliphatic hydroxyl groups is 2. The van der Waals surface area contributed by atoms with E-state index in [4.69, 9.17) is 4.74 Å². The molecule has 0 aliphatic heterocycles. The molecule has 0 bridgehead atoms. The van der Waals surface area contributed by atoms with Crippen LogP contribution in [-0.4, -0.2) is 46.9 Å². The molecule has 3 unspecified atom stereocenters. The molecule has 0 radical (unpaired) electrons. The number of unbranched alkanes of at least 4 members (excludes halogenated alkanes) is 37. The molecule has 0 aliphatic rings. The van der Waals surface area contributed by atoms with E-state index in [1.807, 2.05) is 0 Å². The van der Waals surface area contributed by atoms with Crippen molar-refractivity contribution >= 4 is 11.9 Å². The molecule has 0 aromatic rings. The molecule has 3 atom stereocenters. The van der Waals surface area contributed by atoms with Crippen LogP contribution in [0.2, 0.25) is 0 Å². The van der Waals surface area contributed by atoms with Crippen molar-refractivity contribution in [1.82, 2.24) is 5.32 Å². The van der Waals surface area contributed by atoms with Gasteiger partial charge < -0.3 is 20.3 Å². The summed E-state index contributed by atoms with van der Waals surface area (Å²) in [5.41, 5.74) is 0. The minimum absolute atomic E-state index is 0.0878. The van der Waals surface area contributed by atoms with Crippen molar-refractivity contribution in [2.45, 2.75) is 322 Å². The Morgan fingerprint density at radius 3 is 1.03 bits per heavy atom. The Morgan fingerprint density at radius 1 is 0.424 bits per heavy atom. The van der Waals surface area contributed by atoms with Gasteiger partial charge in [0.1, 0.15) is 6.10 Å². The number of aliphatic hydroxyl groups excluding tert-OH is 2. The van der Waals surface area contributed by atoms with Crippen LogP contribution in [0, 0.1) is 0 Å². The largest absolute Gasteiger partial charge is 0.462 e. The average Bonchev–Trinajstić information content (AvgIpc) is 3.23. The number of rotatable bonds is 49. The van der Waals surface area contributed by atoms with E-state index in [1.54, 1.807) is 0 Å². The molecule has 0 saturated heterocycles. The molecule has 0 fully saturated rings. The number of carbonyl (C=O) groups excluding carboxylic acids is 2. The van der Waals surface area contributed by atoms with Gasteiger partial charge in [0.15, 0.2) is 0 Å². The van der Waals surface area contributed by atoms with Crippen LogP contribution in [0.4, 0.5) is 0 Å². The van der Waals surface area contributed by atoms with Crippen LogP contribution in [0.15, 0.2) is 0 Å². The van der Waals surface area contributed by atoms with Gasteiger partial charge in [-0.05, 0) is 25.7 Å². The first kappa shape index (κ1) is 57.9. The second-order valence-electron chi connectivity index (χ2n) is 18.6. The summed E-state index contributed by atoms with van der Waals surface area (Å²) in [6.07, 6.45) is 51.7. The molecule has 0 saturated carbocycles. The van der Waals surface area contributed by atoms with Crippen molar-refractivity contribution < 1.29 is 24.5 Å². The van der Waals surface area contributed by atoms with E-state index in [-0.39, 0.29) is 24.9 Å². The lowest BCUT2D eigenvalue weighted by Gasteiger charge is -2.24. The topological polar surface area (TPSA) is 95.9 Å². The molecule has 1 amide bonds. The van der Waals surface area contributed by atoms with Crippen LogP contribution in [0.25, 0.3) is 0 Å². The van der Waals surface area contributed by atoms with Crippen LogP contribution in [0.5, 0.6) is 0 Å². The molecule has 0 rings (SSSR count). The first-order chi connectivity index (χ1) is 29.0. The highest BCUT2D eigenvalue weighted by atomic mass is 16.5. The highest BCUT2D eigenvalue weighted by Gasteiger charge is 2.24. The summed E-state index contributed by atoms with van der Waals surface area (Å²) in [6, 6.07) is -0.691. The van der Waals surface area contributed by atoms with Crippen molar-refractivity contribution in [3.63, 3.8) is 0 Å². The Labute approximate surface area is 368 Å². The van der Waals surface area contributed by atoms with Crippen molar-refractivity contribution in [2.24, 2.45) is 0 Å². The maximum atomic E-state index is 13.2. The molecular formula is C53H105NO5. The van der Waals surface area contributed by atoms with Gasteiger partial charge in [-0.15, -0.1) is 0 Å². The standard InChI is InChI=1S/C53H105NO5/c1-4-7-10-13-16-19-22-24-25-26-27-29-31-34-37-40-43-46-53(58)59-49(44-41-38-35-32-30-28-23-20-17-14-11-8-5-2)47-52(57)54-50(48-55)51(56)45-42-39-36-33-21-18-15-12-9-6-3/h49-51,55-56H,4-48H2,1-3H3,(H,54,57). The Balaban J connectivity index is 4.47. The van der Waals surface area contributed by atoms with Gasteiger partial charge in [-0.2, -0.15) is 0 Å². The van der Waals surface area contributed by atoms with Crippen LogP contribution < -0.4 is 5.32 Å². The van der Waals surface area contributed by atoms with E-state index in [1.165, 1.54) is 218 Å². The molecule has 6 heteroatoms. The minimum atomic E-state index is -0.778. The number of carbonyl (C=O) groups is 2. The zero-order valence-corrected chi connectivity index (χ0v) is 40.2. The zero-order valence-electron chi connectivity index (χ0n) is 40.2. The Kier molecular flexibility index (Phi) is 47.0. The summed E-state index contributed by atoms with van der Waals surface area (Å²) in [6.45, 7) is 6.51. The quantitative estimate of drug-likeness (QED) is 0.0419. The van der Waals surface area contributed by atoms with Crippen LogP contribution >= 0.6 is 0 Å². The first-order valence-electron chi connectivity index (χ1n) is 26.8. The van der Waals surface area contributed by atoms with Gasteiger partial charge in [0, 0.05) is 6.42 Å². The van der Waals surface area contributed by atoms with Gasteiger partial charge in [0.25, 0.3) is 0 Å². The molecule has 0 aliphatic carbocycles. The van der Waals surface area contributed by atoms with E-state index < -0.39 is 18.2 Å². The fraction of sp³-hybridized carbons (Fsp3) is 0.962. The normalized spacial score (nSPS) is 13.1. The Morgan fingerprint density at radius 2 is 0.712 bits per heavy atom. The summed E-state index contributed by atoms with van der Waals surface area (Å²) < 4.78 is 5.95. The van der Waals surface area contributed by atoms with Gasteiger partial charge in [-0.25, -0.2) is 0 Å². The molecule has 59 heavy (non-hydrogen) atoms. The monoisotopic (exact) mass is 836 g/mol. The zero-order chi connectivity index (χ0) is 43.1. The highest BCUT2D eigenvalue weighted by Crippen LogP contribution is 2.19. The maximum Gasteiger partial charge on any atom is 0.306 e. The number of hydrogen-bond donors (Lipinski definition) is 3. The smallest absolute Gasteiger partial charge is 0.306 e. The summed E-state index contributed by atoms with van der Waals surface area (Å²) in [7, 11) is 0. The fourth-order valence-corrected chi connectivity index (χ4v) is 8.61. The summed E-state index contributed by atoms with van der Waals surface area (Å²) >= 11 is 0. The molecule has 3 N–H and O–H groups in total. The summed E-state index contributed by atoms with van der Waals surface area (Å²) in [4.78, 5) is 26.1. The number of ether oxygens (including phenoxy) is 1. The summed E-state index contributed by atoms with van der Waals surface area (Å²) in [5, 5.41) is 23.7. The highest BCUT2D eigenvalue weighted by molar-refractivity contribution is 5.77. The third-order valence-corrected chi connectivity index (χ3v) is 12.7. The Hall–Kier alpha value is -1.14. The van der Waals surface area contributed by atoms with E-state index in [2.05, 4.69) is 26.1 Å². The van der Waals surface area contributed by atoms with Crippen LogP contribution in [0.3, 0.4) is 0 Å². The lowest BCUT2D eigenvalue weighted by atomic mass is 10.0. The molecular weight excluding hydrogens is 731 g/mol. The SMILES string of the molecule is CCCCCCCCCCCCCCCCCCCC(=O)OC(CCCCCCCCCCCCCCC)CC(=O)NC(CO)C(O)CCCCCCCCCCCC. The third kappa shape index (κ3) is 43.3. The molecule has 352 valence electrons. The predicted molar refractivity (Wildman–Crippen MR) is 255 cm³/mol. The molecule has 6 nitrogen and oxygen atoms in total. The number of hydrogen-bond acceptors (Lipinski definition) is 5. The lowest BCUT2D eigenvalue weighted by molar-refractivity contribution is -0.151. The van der Waals surface area contributed by atoms with Gasteiger partial charge in [0.05, 0.1) is 25.2 Å². The van der Waals surface area contributed by atoms with Crippen molar-refractivity contribution in [1.29, 1.82) is 0 Å². The summed E-state index contributed by atoms with van der Waals surface area (Å²) in [5.74, 6) is -0.449. The van der Waals surface area contributed by atoms with E-state index in [0.29, 0.717) is 19.3 Å². The lowest BCUT2D eigenvalue weighted by Crippen LogP contribution is -2.46. The second-order valence-corrected chi connectivity index (χ2v) is 18.6. The second kappa shape index (κ2) is 47.9. The van der Waals surface area contributed by atoms with Gasteiger partial charge in [-0.1, -0.05) is 265 Å². The molecule has 0 aromatic heterocycles. The number of nitrogens with one attached hydrogen (secondary N) is 1. The van der Waals surface area contributed by atoms with Crippen LogP contribution in [-0.2, 0) is 14.3 Å². The average molecular weight is 836 g/mol. The molecule has 0 spiro atoms. The van der Waals surface area contributed by atoms with Crippen molar-refractivity contribution in [2.75, 3.05) is 6.61 Å². The fourth-order valence-electron chi connectivity index (χ4n) is 8.61. The van der Waals surface area contributed by atoms with Gasteiger partial charge in [0.2, 0.25) is 5.91 Å². The minimum Gasteiger partial charge on any atom is -0.462 e. The van der Waals surface area contributed by atoms with E-state index in [0.717, 1.165) is 38.5 Å². The third-order valence-electron chi connectivity index (χ3n) is 12.7. The molecule has 0 heterocycles. The van der Waals surface area contributed by atoms with Gasteiger partial charge >= 0.3 is 5.97 Å².